The van der Waals surface area contributed by atoms with Crippen LogP contribution in [0.4, 0.5) is 17.6 Å². The Labute approximate surface area is 186 Å². The first kappa shape index (κ1) is 21.5. The van der Waals surface area contributed by atoms with Gasteiger partial charge in [-0.2, -0.15) is 13.2 Å². The number of carbonyl (C=O) groups excluding carboxylic acids is 1. The molecule has 32 heavy (non-hydrogen) atoms. The molecule has 1 amide bonds. The van der Waals surface area contributed by atoms with Crippen LogP contribution in [0.1, 0.15) is 30.9 Å². The Morgan fingerprint density at radius 1 is 1.28 bits per heavy atom. The van der Waals surface area contributed by atoms with E-state index in [1.54, 1.807) is 6.33 Å². The van der Waals surface area contributed by atoms with Crippen molar-refractivity contribution < 1.29 is 27.1 Å². The molecular formula is C21H21ClF4N4O2. The maximum atomic E-state index is 13.4. The number of rotatable bonds is 7. The normalized spacial score (nSPS) is 27.3. The summed E-state index contributed by atoms with van der Waals surface area (Å²) in [4.78, 5) is 18.0. The molecule has 2 bridgehead atoms. The van der Waals surface area contributed by atoms with Crippen LogP contribution in [0.15, 0.2) is 30.7 Å². The zero-order valence-electron chi connectivity index (χ0n) is 17.0. The zero-order valence-corrected chi connectivity index (χ0v) is 17.7. The van der Waals surface area contributed by atoms with Crippen LogP contribution in [-0.2, 0) is 10.3 Å². The van der Waals surface area contributed by atoms with Gasteiger partial charge < -0.3 is 14.6 Å². The van der Waals surface area contributed by atoms with Crippen LogP contribution in [0.25, 0.3) is 0 Å². The molecule has 2 heterocycles. The lowest BCUT2D eigenvalue weighted by Gasteiger charge is -2.70. The molecule has 0 atom stereocenters. The Hall–Kier alpha value is -2.33. The molecule has 0 radical (unpaired) electrons. The molecule has 4 aliphatic rings. The minimum atomic E-state index is -4.18. The van der Waals surface area contributed by atoms with E-state index in [1.165, 1.54) is 17.0 Å². The van der Waals surface area contributed by atoms with Gasteiger partial charge in [-0.3, -0.25) is 9.69 Å². The Kier molecular flexibility index (Phi) is 4.94. The Bertz CT molecular complexity index is 1030. The van der Waals surface area contributed by atoms with E-state index in [-0.39, 0.29) is 40.3 Å². The Morgan fingerprint density at radius 3 is 2.66 bits per heavy atom. The summed E-state index contributed by atoms with van der Waals surface area (Å²) in [6, 6.07) is 3.99. The van der Waals surface area contributed by atoms with Crippen molar-refractivity contribution in [2.45, 2.75) is 42.4 Å². The molecule has 3 saturated carbocycles. The number of halogens is 5. The monoisotopic (exact) mass is 472 g/mol. The summed E-state index contributed by atoms with van der Waals surface area (Å²) < 4.78 is 58.2. The van der Waals surface area contributed by atoms with E-state index in [9.17, 15) is 22.4 Å². The molecule has 172 valence electrons. The summed E-state index contributed by atoms with van der Waals surface area (Å²) in [6.07, 6.45) is 1.79. The fraction of sp³-hybridized carbons (Fsp3) is 0.524. The first-order valence-corrected chi connectivity index (χ1v) is 10.7. The second-order valence-electron chi connectivity index (χ2n) is 9.16. The third-order valence-electron chi connectivity index (χ3n) is 6.60. The van der Waals surface area contributed by atoms with Crippen molar-refractivity contribution in [1.29, 1.82) is 0 Å². The fourth-order valence-corrected chi connectivity index (χ4v) is 5.25. The molecular weight excluding hydrogens is 452 g/mol. The van der Waals surface area contributed by atoms with Crippen LogP contribution in [0.3, 0.4) is 0 Å². The first-order chi connectivity index (χ1) is 15.0. The highest BCUT2D eigenvalue weighted by Crippen LogP contribution is 2.65. The van der Waals surface area contributed by atoms with Crippen molar-refractivity contribution in [2.24, 2.45) is 0 Å². The van der Waals surface area contributed by atoms with E-state index in [0.717, 1.165) is 31.0 Å². The molecule has 0 unspecified atom stereocenters. The van der Waals surface area contributed by atoms with Gasteiger partial charge in [-0.15, -0.1) is 0 Å². The predicted octanol–water partition coefficient (Wildman–Crippen LogP) is 3.46. The van der Waals surface area contributed by atoms with E-state index in [0.29, 0.717) is 13.1 Å². The number of likely N-dealkylation sites (tertiary alicyclic amines) is 1. The van der Waals surface area contributed by atoms with Crippen LogP contribution in [0.2, 0.25) is 5.02 Å². The standard InChI is InChI=1S/C21H21ClF4N4O2/c22-15-2-1-14(3-16(15)23)32-7-18(31)28-19-8-20(9-19,10-19)30-6-17(27-12-30)13-4-29(5-13)11-21(24,25)26/h1-3,6,12-13H,4-5,7-11H2,(H,28,31). The highest BCUT2D eigenvalue weighted by atomic mass is 35.5. The average Bonchev–Trinajstić information content (AvgIpc) is 3.09. The van der Waals surface area contributed by atoms with Crippen molar-refractivity contribution in [1.82, 2.24) is 19.8 Å². The number of alkyl halides is 3. The van der Waals surface area contributed by atoms with Gasteiger partial charge in [0.25, 0.3) is 5.91 Å². The largest absolute Gasteiger partial charge is 0.484 e. The van der Waals surface area contributed by atoms with Gasteiger partial charge in [-0.25, -0.2) is 9.37 Å². The molecule has 11 heteroatoms. The highest BCUT2D eigenvalue weighted by molar-refractivity contribution is 6.30. The van der Waals surface area contributed by atoms with Gasteiger partial charge in [0.1, 0.15) is 11.6 Å². The maximum absolute atomic E-state index is 13.4. The van der Waals surface area contributed by atoms with Crippen molar-refractivity contribution in [3.63, 3.8) is 0 Å². The molecule has 1 N–H and O–H groups in total. The van der Waals surface area contributed by atoms with E-state index < -0.39 is 18.5 Å². The first-order valence-electron chi connectivity index (χ1n) is 10.3. The fourth-order valence-electron chi connectivity index (χ4n) is 5.14. The lowest BCUT2D eigenvalue weighted by molar-refractivity contribution is -0.156. The average molecular weight is 473 g/mol. The lowest BCUT2D eigenvalue weighted by atomic mass is 9.44. The number of ether oxygens (including phenoxy) is 1. The lowest BCUT2D eigenvalue weighted by Crippen LogP contribution is -2.78. The molecule has 6 nitrogen and oxygen atoms in total. The van der Waals surface area contributed by atoms with Gasteiger partial charge in [0.2, 0.25) is 0 Å². The quantitative estimate of drug-likeness (QED) is 0.627. The summed E-state index contributed by atoms with van der Waals surface area (Å²) in [6.45, 7) is -0.379. The molecule has 1 aromatic heterocycles. The highest BCUT2D eigenvalue weighted by Gasteiger charge is 2.69. The van der Waals surface area contributed by atoms with E-state index in [2.05, 4.69) is 10.3 Å². The molecule has 1 aliphatic heterocycles. The van der Waals surface area contributed by atoms with Crippen molar-refractivity contribution in [3.05, 3.63) is 47.3 Å². The van der Waals surface area contributed by atoms with Gasteiger partial charge in [0, 0.05) is 36.8 Å². The van der Waals surface area contributed by atoms with Gasteiger partial charge in [-0.1, -0.05) is 11.6 Å². The molecule has 2 aromatic rings. The second kappa shape index (κ2) is 7.34. The van der Waals surface area contributed by atoms with Crippen LogP contribution in [-0.4, -0.2) is 58.3 Å². The van der Waals surface area contributed by atoms with Crippen LogP contribution < -0.4 is 10.1 Å². The molecule has 1 aromatic carbocycles. The predicted molar refractivity (Wildman–Crippen MR) is 107 cm³/mol. The van der Waals surface area contributed by atoms with Crippen molar-refractivity contribution >= 4 is 17.5 Å². The minimum absolute atomic E-state index is 0.0143. The maximum Gasteiger partial charge on any atom is 0.401 e. The third kappa shape index (κ3) is 3.94. The number of aromatic nitrogens is 2. The number of hydrogen-bond acceptors (Lipinski definition) is 4. The summed E-state index contributed by atoms with van der Waals surface area (Å²) in [5.74, 6) is -0.638. The van der Waals surface area contributed by atoms with Crippen molar-refractivity contribution in [3.8, 4) is 5.75 Å². The Morgan fingerprint density at radius 2 is 2.00 bits per heavy atom. The van der Waals surface area contributed by atoms with Gasteiger partial charge in [0.15, 0.2) is 6.61 Å². The SMILES string of the molecule is O=C(COc1ccc(Cl)c(F)c1)NC12CC(n3cnc(C4CN(CC(F)(F)F)C4)c3)(C1)C2. The van der Waals surface area contributed by atoms with E-state index >= 15 is 0 Å². The number of carbonyl (C=O) groups is 1. The summed E-state index contributed by atoms with van der Waals surface area (Å²) in [5, 5.41) is 2.98. The molecule has 3 aliphatic carbocycles. The van der Waals surface area contributed by atoms with Gasteiger partial charge >= 0.3 is 6.18 Å². The number of nitrogens with zero attached hydrogens (tertiary/aromatic N) is 3. The van der Waals surface area contributed by atoms with Crippen LogP contribution in [0, 0.1) is 5.82 Å². The number of imidazole rings is 1. The smallest absolute Gasteiger partial charge is 0.401 e. The van der Waals surface area contributed by atoms with Gasteiger partial charge in [0.05, 0.1) is 29.1 Å². The zero-order chi connectivity index (χ0) is 22.7. The molecule has 6 rings (SSSR count). The topological polar surface area (TPSA) is 59.4 Å². The minimum Gasteiger partial charge on any atom is -0.484 e. The van der Waals surface area contributed by atoms with E-state index in [4.69, 9.17) is 16.3 Å². The number of amides is 1. The summed E-state index contributed by atoms with van der Waals surface area (Å²) in [5.41, 5.74) is 0.458. The number of nitrogens with one attached hydrogen (secondary N) is 1. The van der Waals surface area contributed by atoms with Gasteiger partial charge in [-0.05, 0) is 31.4 Å². The van der Waals surface area contributed by atoms with Crippen molar-refractivity contribution in [2.75, 3.05) is 26.2 Å². The summed E-state index contributed by atoms with van der Waals surface area (Å²) >= 11 is 5.63. The number of hydrogen-bond donors (Lipinski definition) is 1. The third-order valence-corrected chi connectivity index (χ3v) is 6.90. The summed E-state index contributed by atoms with van der Waals surface area (Å²) in [7, 11) is 0. The Balaban J connectivity index is 1.08. The van der Waals surface area contributed by atoms with E-state index in [1.807, 2.05) is 10.8 Å². The molecule has 1 saturated heterocycles. The number of benzene rings is 1. The molecule has 0 spiro atoms. The van der Waals surface area contributed by atoms with Crippen LogP contribution in [0.5, 0.6) is 5.75 Å². The second-order valence-corrected chi connectivity index (χ2v) is 9.57. The van der Waals surface area contributed by atoms with Crippen LogP contribution >= 0.6 is 11.6 Å². The molecule has 4 fully saturated rings.